The van der Waals surface area contributed by atoms with E-state index in [4.69, 9.17) is 0 Å². The predicted molar refractivity (Wildman–Crippen MR) is 81.9 cm³/mol. The number of hydrogen-bond acceptors (Lipinski definition) is 6. The van der Waals surface area contributed by atoms with Crippen LogP contribution >= 0.6 is 23.1 Å². The average molecular weight is 302 g/mol. The van der Waals surface area contributed by atoms with Gasteiger partial charge in [-0.15, -0.1) is 10.2 Å². The molecule has 0 aliphatic rings. The lowest BCUT2D eigenvalue weighted by Crippen LogP contribution is -2.28. The molecule has 1 amide bonds. The molecule has 0 unspecified atom stereocenters. The van der Waals surface area contributed by atoms with Crippen molar-refractivity contribution in [3.8, 4) is 0 Å². The second kappa shape index (κ2) is 7.69. The van der Waals surface area contributed by atoms with Crippen LogP contribution in [0.4, 0.5) is 5.13 Å². The van der Waals surface area contributed by atoms with E-state index >= 15 is 0 Å². The number of carbonyl (C=O) groups is 1. The van der Waals surface area contributed by atoms with Crippen molar-refractivity contribution in [1.82, 2.24) is 15.5 Å². The van der Waals surface area contributed by atoms with Gasteiger partial charge in [-0.3, -0.25) is 4.79 Å². The summed E-state index contributed by atoms with van der Waals surface area (Å²) in [7, 11) is 0. The highest BCUT2D eigenvalue weighted by atomic mass is 32.2. The maximum atomic E-state index is 11.6. The van der Waals surface area contributed by atoms with Crippen LogP contribution in [0.5, 0.6) is 0 Å². The second-order valence-electron chi connectivity index (χ2n) is 5.35. The Morgan fingerprint density at radius 2 is 2.11 bits per heavy atom. The minimum atomic E-state index is 0.0504. The highest BCUT2D eigenvalue weighted by Crippen LogP contribution is 2.25. The first kappa shape index (κ1) is 16.2. The zero-order chi connectivity index (χ0) is 14.3. The van der Waals surface area contributed by atoms with Gasteiger partial charge in [0.2, 0.25) is 11.0 Å². The van der Waals surface area contributed by atoms with Crippen molar-refractivity contribution >= 4 is 34.1 Å². The molecule has 0 saturated carbocycles. The van der Waals surface area contributed by atoms with Gasteiger partial charge in [-0.25, -0.2) is 0 Å². The minimum absolute atomic E-state index is 0.0504. The molecule has 0 bridgehead atoms. The number of thioether (sulfide) groups is 1. The van der Waals surface area contributed by atoms with Crippen LogP contribution in [0.25, 0.3) is 0 Å². The molecule has 0 aliphatic heterocycles. The summed E-state index contributed by atoms with van der Waals surface area (Å²) >= 11 is 2.90. The van der Waals surface area contributed by atoms with Crippen molar-refractivity contribution in [2.45, 2.75) is 38.5 Å². The van der Waals surface area contributed by atoms with Gasteiger partial charge in [0.15, 0.2) is 4.34 Å². The maximum Gasteiger partial charge on any atom is 0.230 e. The maximum absolute atomic E-state index is 11.6. The lowest BCUT2D eigenvalue weighted by atomic mass is 9.92. The summed E-state index contributed by atoms with van der Waals surface area (Å²) in [6.07, 6.45) is 0.979. The fourth-order valence-corrected chi connectivity index (χ4v) is 2.90. The lowest BCUT2D eigenvalue weighted by molar-refractivity contribution is -0.118. The Hall–Kier alpha value is -0.820. The molecule has 2 N–H and O–H groups in total. The average Bonchev–Trinajstić information content (AvgIpc) is 2.73. The highest BCUT2D eigenvalue weighted by Gasteiger charge is 2.11. The molecule has 0 spiro atoms. The number of nitrogens with zero attached hydrogens (tertiary/aromatic N) is 2. The van der Waals surface area contributed by atoms with Gasteiger partial charge in [0.1, 0.15) is 0 Å². The molecule has 0 atom stereocenters. The van der Waals surface area contributed by atoms with E-state index in [9.17, 15) is 4.79 Å². The van der Waals surface area contributed by atoms with Crippen LogP contribution in [0.2, 0.25) is 0 Å². The Morgan fingerprint density at radius 3 is 2.74 bits per heavy atom. The molecular formula is C12H22N4OS2. The number of hydrogen-bond donors (Lipinski definition) is 2. The lowest BCUT2D eigenvalue weighted by Gasteiger charge is -2.17. The first-order valence-electron chi connectivity index (χ1n) is 6.37. The zero-order valence-electron chi connectivity index (χ0n) is 11.9. The summed E-state index contributed by atoms with van der Waals surface area (Å²) in [5, 5.41) is 14.8. The van der Waals surface area contributed by atoms with E-state index in [1.165, 1.54) is 23.1 Å². The molecule has 0 saturated heterocycles. The van der Waals surface area contributed by atoms with Crippen molar-refractivity contribution in [2.75, 3.05) is 24.2 Å². The molecule has 19 heavy (non-hydrogen) atoms. The second-order valence-corrected chi connectivity index (χ2v) is 7.55. The van der Waals surface area contributed by atoms with Gasteiger partial charge in [-0.2, -0.15) is 0 Å². The molecular weight excluding hydrogens is 280 g/mol. The van der Waals surface area contributed by atoms with Gasteiger partial charge < -0.3 is 10.6 Å². The Labute approximate surface area is 123 Å². The first-order valence-corrected chi connectivity index (χ1v) is 8.18. The Balaban J connectivity index is 2.22. The van der Waals surface area contributed by atoms with Gasteiger partial charge in [-0.05, 0) is 18.8 Å². The third-order valence-corrected chi connectivity index (χ3v) is 4.27. The van der Waals surface area contributed by atoms with Crippen LogP contribution in [0.1, 0.15) is 34.1 Å². The van der Waals surface area contributed by atoms with Gasteiger partial charge in [0.05, 0.1) is 5.75 Å². The SMILES string of the molecule is CCNc1nnc(SCC(=O)NCCC(C)(C)C)s1. The molecule has 108 valence electrons. The smallest absolute Gasteiger partial charge is 0.230 e. The Bertz CT molecular complexity index is 401. The van der Waals surface area contributed by atoms with Gasteiger partial charge in [0, 0.05) is 13.1 Å². The normalized spacial score (nSPS) is 11.4. The quantitative estimate of drug-likeness (QED) is 0.758. The summed E-state index contributed by atoms with van der Waals surface area (Å²) < 4.78 is 0.821. The summed E-state index contributed by atoms with van der Waals surface area (Å²) in [5.74, 6) is 0.444. The summed E-state index contributed by atoms with van der Waals surface area (Å²) in [4.78, 5) is 11.6. The first-order chi connectivity index (χ1) is 8.90. The molecule has 0 radical (unpaired) electrons. The van der Waals surface area contributed by atoms with Crippen molar-refractivity contribution in [3.63, 3.8) is 0 Å². The van der Waals surface area contributed by atoms with Gasteiger partial charge in [-0.1, -0.05) is 43.9 Å². The molecule has 0 aliphatic carbocycles. The number of carbonyl (C=O) groups excluding carboxylic acids is 1. The number of aromatic nitrogens is 2. The summed E-state index contributed by atoms with van der Waals surface area (Å²) in [6.45, 7) is 10.1. The van der Waals surface area contributed by atoms with Crippen LogP contribution < -0.4 is 10.6 Å². The molecule has 5 nitrogen and oxygen atoms in total. The number of amides is 1. The van der Waals surface area contributed by atoms with Crippen molar-refractivity contribution in [2.24, 2.45) is 5.41 Å². The standard InChI is InChI=1S/C12H22N4OS2/c1-5-13-10-15-16-11(19-10)18-8-9(17)14-7-6-12(2,3)4/h5-8H2,1-4H3,(H,13,15)(H,14,17). The van der Waals surface area contributed by atoms with Gasteiger partial charge in [0.25, 0.3) is 0 Å². The fourth-order valence-electron chi connectivity index (χ4n) is 1.25. The number of rotatable bonds is 7. The monoisotopic (exact) mass is 302 g/mol. The fraction of sp³-hybridized carbons (Fsp3) is 0.750. The van der Waals surface area contributed by atoms with Gasteiger partial charge >= 0.3 is 0 Å². The van der Waals surface area contributed by atoms with E-state index in [2.05, 4.69) is 41.6 Å². The van der Waals surface area contributed by atoms with Crippen LogP contribution in [-0.4, -0.2) is 34.9 Å². The number of nitrogens with one attached hydrogen (secondary N) is 2. The molecule has 1 aromatic rings. The van der Waals surface area contributed by atoms with E-state index in [0.717, 1.165) is 29.0 Å². The third-order valence-electron chi connectivity index (χ3n) is 2.26. The van der Waals surface area contributed by atoms with Crippen LogP contribution in [-0.2, 0) is 4.79 Å². The number of anilines is 1. The minimum Gasteiger partial charge on any atom is -0.360 e. The third kappa shape index (κ3) is 7.37. The molecule has 7 heteroatoms. The van der Waals surface area contributed by atoms with Crippen molar-refractivity contribution in [1.29, 1.82) is 0 Å². The summed E-state index contributed by atoms with van der Waals surface area (Å²) in [5.41, 5.74) is 0.250. The van der Waals surface area contributed by atoms with E-state index in [0.29, 0.717) is 5.75 Å². The zero-order valence-corrected chi connectivity index (χ0v) is 13.6. The molecule has 1 heterocycles. The molecule has 1 aromatic heterocycles. The van der Waals surface area contributed by atoms with E-state index in [-0.39, 0.29) is 11.3 Å². The van der Waals surface area contributed by atoms with Crippen LogP contribution in [0.3, 0.4) is 0 Å². The molecule has 1 rings (SSSR count). The molecule has 0 fully saturated rings. The van der Waals surface area contributed by atoms with Crippen LogP contribution in [0.15, 0.2) is 4.34 Å². The van der Waals surface area contributed by atoms with E-state index in [1.54, 1.807) is 0 Å². The van der Waals surface area contributed by atoms with Crippen molar-refractivity contribution in [3.05, 3.63) is 0 Å². The Morgan fingerprint density at radius 1 is 1.37 bits per heavy atom. The largest absolute Gasteiger partial charge is 0.360 e. The Kier molecular flexibility index (Phi) is 6.57. The summed E-state index contributed by atoms with van der Waals surface area (Å²) in [6, 6.07) is 0. The van der Waals surface area contributed by atoms with Crippen LogP contribution in [0, 0.1) is 5.41 Å². The predicted octanol–water partition coefficient (Wildman–Crippen LogP) is 2.61. The van der Waals surface area contributed by atoms with E-state index in [1.807, 2.05) is 6.92 Å². The van der Waals surface area contributed by atoms with E-state index < -0.39 is 0 Å². The van der Waals surface area contributed by atoms with Crippen molar-refractivity contribution < 1.29 is 4.79 Å². The molecule has 0 aromatic carbocycles. The highest BCUT2D eigenvalue weighted by molar-refractivity contribution is 8.01. The topological polar surface area (TPSA) is 66.9 Å².